The number of aromatic amines is 1. The van der Waals surface area contributed by atoms with Gasteiger partial charge in [0.25, 0.3) is 0 Å². The number of imidazole rings is 1. The van der Waals surface area contributed by atoms with Gasteiger partial charge in [0.15, 0.2) is 0 Å². The van der Waals surface area contributed by atoms with E-state index in [1.807, 2.05) is 12.4 Å². The molecule has 0 radical (unpaired) electrons. The van der Waals surface area contributed by atoms with Gasteiger partial charge in [-0.15, -0.1) is 0 Å². The summed E-state index contributed by atoms with van der Waals surface area (Å²) in [7, 11) is 0. The zero-order valence-electron chi connectivity index (χ0n) is 12.1. The molecule has 1 fully saturated rings. The van der Waals surface area contributed by atoms with Crippen LogP contribution in [0.15, 0.2) is 18.6 Å². The molecule has 0 unspecified atom stereocenters. The number of aryl methyl sites for hydroxylation is 2. The fourth-order valence-electron chi connectivity index (χ4n) is 3.03. The van der Waals surface area contributed by atoms with Crippen LogP contribution in [0.1, 0.15) is 49.4 Å². The van der Waals surface area contributed by atoms with E-state index in [0.29, 0.717) is 6.04 Å². The van der Waals surface area contributed by atoms with Crippen molar-refractivity contribution in [3.63, 3.8) is 0 Å². The number of hydrogen-bond donors (Lipinski definition) is 2. The lowest BCUT2D eigenvalue weighted by molar-refractivity contribution is 0.522. The van der Waals surface area contributed by atoms with Crippen LogP contribution < -0.4 is 5.32 Å². The van der Waals surface area contributed by atoms with Gasteiger partial charge in [-0.1, -0.05) is 12.8 Å². The summed E-state index contributed by atoms with van der Waals surface area (Å²) in [6.45, 7) is 3.02. The topological polar surface area (TPSA) is 58.5 Å². The number of nitrogens with one attached hydrogen (secondary N) is 2. The van der Waals surface area contributed by atoms with Crippen LogP contribution in [0.5, 0.6) is 0 Å². The molecule has 0 bridgehead atoms. The second kappa shape index (κ2) is 6.11. The fraction of sp³-hybridized carbons (Fsp3) is 0.600. The molecule has 2 heterocycles. The minimum absolute atomic E-state index is 0.649. The quantitative estimate of drug-likeness (QED) is 0.795. The van der Waals surface area contributed by atoms with Gasteiger partial charge in [0, 0.05) is 30.7 Å². The van der Waals surface area contributed by atoms with Crippen molar-refractivity contribution in [2.24, 2.45) is 0 Å². The number of H-pyrrole nitrogens is 1. The summed E-state index contributed by atoms with van der Waals surface area (Å²) < 4.78 is 2.32. The number of hydrogen-bond acceptors (Lipinski definition) is 3. The Labute approximate surface area is 119 Å². The average Bonchev–Trinajstić information content (AvgIpc) is 3.16. The first-order chi connectivity index (χ1) is 9.84. The first kappa shape index (κ1) is 13.2. The van der Waals surface area contributed by atoms with Crippen LogP contribution in [0.2, 0.25) is 0 Å². The molecule has 0 aromatic carbocycles. The van der Waals surface area contributed by atoms with Gasteiger partial charge in [-0.25, -0.2) is 4.98 Å². The van der Waals surface area contributed by atoms with E-state index in [4.69, 9.17) is 0 Å². The van der Waals surface area contributed by atoms with Crippen LogP contribution in [0, 0.1) is 6.92 Å². The SMILES string of the molecule is Cc1[nH]ncc1CCCNc1nccn1C1CCCC1. The average molecular weight is 273 g/mol. The van der Waals surface area contributed by atoms with E-state index in [9.17, 15) is 0 Å². The molecule has 1 saturated carbocycles. The molecule has 0 amide bonds. The zero-order chi connectivity index (χ0) is 13.8. The molecule has 5 nitrogen and oxygen atoms in total. The zero-order valence-corrected chi connectivity index (χ0v) is 12.1. The van der Waals surface area contributed by atoms with Gasteiger partial charge < -0.3 is 9.88 Å². The van der Waals surface area contributed by atoms with Crippen molar-refractivity contribution < 1.29 is 0 Å². The molecule has 5 heteroatoms. The van der Waals surface area contributed by atoms with Crippen LogP contribution in [-0.4, -0.2) is 26.3 Å². The fourth-order valence-corrected chi connectivity index (χ4v) is 3.03. The van der Waals surface area contributed by atoms with Crippen molar-refractivity contribution in [1.82, 2.24) is 19.7 Å². The van der Waals surface area contributed by atoms with Gasteiger partial charge >= 0.3 is 0 Å². The van der Waals surface area contributed by atoms with E-state index in [2.05, 4.69) is 38.2 Å². The van der Waals surface area contributed by atoms with E-state index in [1.54, 1.807) is 0 Å². The highest BCUT2D eigenvalue weighted by molar-refractivity contribution is 5.27. The summed E-state index contributed by atoms with van der Waals surface area (Å²) in [6.07, 6.45) is 13.4. The van der Waals surface area contributed by atoms with Crippen molar-refractivity contribution >= 4 is 5.95 Å². The molecule has 0 atom stereocenters. The molecule has 2 N–H and O–H groups in total. The molecule has 0 saturated heterocycles. The van der Waals surface area contributed by atoms with E-state index >= 15 is 0 Å². The highest BCUT2D eigenvalue weighted by atomic mass is 15.2. The van der Waals surface area contributed by atoms with Crippen molar-refractivity contribution in [3.8, 4) is 0 Å². The maximum absolute atomic E-state index is 4.45. The van der Waals surface area contributed by atoms with Crippen LogP contribution in [0.3, 0.4) is 0 Å². The predicted octanol–water partition coefficient (Wildman–Crippen LogP) is 3.07. The lowest BCUT2D eigenvalue weighted by Gasteiger charge is -2.15. The first-order valence-electron chi connectivity index (χ1n) is 7.60. The van der Waals surface area contributed by atoms with Gasteiger partial charge in [-0.05, 0) is 38.2 Å². The Balaban J connectivity index is 1.49. The Morgan fingerprint density at radius 1 is 1.40 bits per heavy atom. The van der Waals surface area contributed by atoms with E-state index in [0.717, 1.165) is 25.3 Å². The minimum Gasteiger partial charge on any atom is -0.356 e. The monoisotopic (exact) mass is 273 g/mol. The molecule has 1 aliphatic rings. The normalized spacial score (nSPS) is 15.8. The summed E-state index contributed by atoms with van der Waals surface area (Å²) in [5.74, 6) is 1.03. The highest BCUT2D eigenvalue weighted by Gasteiger charge is 2.18. The number of aromatic nitrogens is 4. The van der Waals surface area contributed by atoms with Crippen molar-refractivity contribution in [1.29, 1.82) is 0 Å². The van der Waals surface area contributed by atoms with Crippen LogP contribution in [0.25, 0.3) is 0 Å². The van der Waals surface area contributed by atoms with Gasteiger partial charge in [-0.3, -0.25) is 5.10 Å². The Morgan fingerprint density at radius 2 is 2.25 bits per heavy atom. The minimum atomic E-state index is 0.649. The molecule has 2 aromatic heterocycles. The second-order valence-electron chi connectivity index (χ2n) is 5.65. The largest absolute Gasteiger partial charge is 0.356 e. The maximum atomic E-state index is 4.45. The lowest BCUT2D eigenvalue weighted by atomic mass is 10.1. The van der Waals surface area contributed by atoms with Crippen LogP contribution >= 0.6 is 0 Å². The molecule has 1 aliphatic carbocycles. The number of rotatable bonds is 6. The standard InChI is InChI=1S/C15H23N5/c1-12-13(11-18-19-12)5-4-8-16-15-17-9-10-20(15)14-6-2-3-7-14/h9-11,14H,2-8H2,1H3,(H,16,17)(H,18,19). The summed E-state index contributed by atoms with van der Waals surface area (Å²) in [4.78, 5) is 4.45. The highest BCUT2D eigenvalue weighted by Crippen LogP contribution is 2.31. The number of nitrogens with zero attached hydrogens (tertiary/aromatic N) is 3. The lowest BCUT2D eigenvalue weighted by Crippen LogP contribution is -2.12. The molecule has 20 heavy (non-hydrogen) atoms. The van der Waals surface area contributed by atoms with Crippen molar-refractivity contribution in [2.75, 3.05) is 11.9 Å². The summed E-state index contributed by atoms with van der Waals surface area (Å²) in [6, 6.07) is 0.649. The Hall–Kier alpha value is -1.78. The molecule has 3 rings (SSSR count). The number of anilines is 1. The Kier molecular flexibility index (Phi) is 4.04. The third-order valence-corrected chi connectivity index (χ3v) is 4.23. The van der Waals surface area contributed by atoms with Crippen molar-refractivity contribution in [2.45, 2.75) is 51.5 Å². The van der Waals surface area contributed by atoms with E-state index < -0.39 is 0 Å². The van der Waals surface area contributed by atoms with Gasteiger partial charge in [0.05, 0.1) is 6.20 Å². The van der Waals surface area contributed by atoms with Crippen LogP contribution in [-0.2, 0) is 6.42 Å². The molecule has 0 spiro atoms. The van der Waals surface area contributed by atoms with Crippen molar-refractivity contribution in [3.05, 3.63) is 29.8 Å². The predicted molar refractivity (Wildman–Crippen MR) is 79.9 cm³/mol. The smallest absolute Gasteiger partial charge is 0.203 e. The molecular weight excluding hydrogens is 250 g/mol. The van der Waals surface area contributed by atoms with E-state index in [-0.39, 0.29) is 0 Å². The summed E-state index contributed by atoms with van der Waals surface area (Å²) in [5.41, 5.74) is 2.49. The molecule has 2 aromatic rings. The first-order valence-corrected chi connectivity index (χ1v) is 7.60. The van der Waals surface area contributed by atoms with Gasteiger partial charge in [0.2, 0.25) is 5.95 Å². The third kappa shape index (κ3) is 2.86. The van der Waals surface area contributed by atoms with Gasteiger partial charge in [0.1, 0.15) is 0 Å². The van der Waals surface area contributed by atoms with E-state index in [1.165, 1.54) is 36.9 Å². The molecule has 0 aliphatic heterocycles. The van der Waals surface area contributed by atoms with Crippen LogP contribution in [0.4, 0.5) is 5.95 Å². The summed E-state index contributed by atoms with van der Waals surface area (Å²) >= 11 is 0. The third-order valence-electron chi connectivity index (χ3n) is 4.23. The van der Waals surface area contributed by atoms with Gasteiger partial charge in [-0.2, -0.15) is 5.10 Å². The maximum Gasteiger partial charge on any atom is 0.203 e. The summed E-state index contributed by atoms with van der Waals surface area (Å²) in [5, 5.41) is 10.5. The second-order valence-corrected chi connectivity index (χ2v) is 5.65. The molecule has 108 valence electrons. The Morgan fingerprint density at radius 3 is 3.00 bits per heavy atom. The Bertz CT molecular complexity index is 536. The molecular formula is C15H23N5.